The number of halogens is 4. The summed E-state index contributed by atoms with van der Waals surface area (Å²) in [4.78, 5) is 3.69. The van der Waals surface area contributed by atoms with Gasteiger partial charge in [-0.2, -0.15) is 0 Å². The lowest BCUT2D eigenvalue weighted by Crippen LogP contribution is -1.98. The molecule has 1 rings (SSSR count). The van der Waals surface area contributed by atoms with E-state index < -0.39 is 12.1 Å². The van der Waals surface area contributed by atoms with Gasteiger partial charge in [-0.15, -0.1) is 0 Å². The van der Waals surface area contributed by atoms with Gasteiger partial charge in [0.2, 0.25) is 0 Å². The number of pyridine rings is 1. The van der Waals surface area contributed by atoms with Crippen molar-refractivity contribution < 1.29 is 13.5 Å². The van der Waals surface area contributed by atoms with Crippen molar-refractivity contribution in [1.29, 1.82) is 0 Å². The van der Waals surface area contributed by atoms with Crippen LogP contribution >= 0.6 is 27.5 Å². The summed E-state index contributed by atoms with van der Waals surface area (Å²) in [5, 5.41) is 0.243. The number of hydrogen-bond acceptors (Lipinski definition) is 2. The second-order valence-electron chi connectivity index (χ2n) is 2.45. The molecule has 78 valence electrons. The standard InChI is InChI=1S/C8H7BrClF2NO/c1-14-5-2-4(3-9)13-7(6(5)10)8(11)12/h2,8H,3H2,1H3. The molecule has 0 bridgehead atoms. The molecule has 0 N–H and O–H groups in total. The molecule has 0 saturated heterocycles. The maximum Gasteiger partial charge on any atom is 0.281 e. The molecule has 0 saturated carbocycles. The Hall–Kier alpha value is -0.420. The highest BCUT2D eigenvalue weighted by atomic mass is 79.9. The number of hydrogen-bond donors (Lipinski definition) is 0. The summed E-state index contributed by atoms with van der Waals surface area (Å²) in [6.07, 6.45) is -2.70. The van der Waals surface area contributed by atoms with E-state index >= 15 is 0 Å². The monoisotopic (exact) mass is 285 g/mol. The summed E-state index contributed by atoms with van der Waals surface area (Å²) in [6.45, 7) is 0. The van der Waals surface area contributed by atoms with Crippen LogP contribution in [-0.2, 0) is 5.33 Å². The van der Waals surface area contributed by atoms with Crippen LogP contribution in [0.5, 0.6) is 5.75 Å². The lowest BCUT2D eigenvalue weighted by molar-refractivity contribution is 0.145. The van der Waals surface area contributed by atoms with Crippen molar-refractivity contribution >= 4 is 27.5 Å². The largest absolute Gasteiger partial charge is 0.495 e. The molecule has 0 radical (unpaired) electrons. The van der Waals surface area contributed by atoms with Crippen molar-refractivity contribution in [1.82, 2.24) is 4.98 Å². The predicted octanol–water partition coefficient (Wildman–Crippen LogP) is 3.58. The van der Waals surface area contributed by atoms with Crippen LogP contribution < -0.4 is 4.74 Å². The van der Waals surface area contributed by atoms with Crippen LogP contribution in [0.25, 0.3) is 0 Å². The molecule has 0 aliphatic rings. The third-order valence-electron chi connectivity index (χ3n) is 1.57. The van der Waals surface area contributed by atoms with Crippen molar-refractivity contribution in [3.63, 3.8) is 0 Å². The first-order valence-electron chi connectivity index (χ1n) is 3.67. The van der Waals surface area contributed by atoms with E-state index in [0.717, 1.165) is 0 Å². The Labute approximate surface area is 93.4 Å². The molecular formula is C8H7BrClF2NO. The van der Waals surface area contributed by atoms with Crippen LogP contribution in [0.15, 0.2) is 6.07 Å². The molecule has 14 heavy (non-hydrogen) atoms. The van der Waals surface area contributed by atoms with E-state index in [2.05, 4.69) is 20.9 Å². The number of aromatic nitrogens is 1. The van der Waals surface area contributed by atoms with Gasteiger partial charge in [-0.1, -0.05) is 27.5 Å². The quantitative estimate of drug-likeness (QED) is 0.792. The Bertz CT molecular complexity index is 335. The van der Waals surface area contributed by atoms with Crippen LogP contribution in [0.2, 0.25) is 5.02 Å². The van der Waals surface area contributed by atoms with Crippen LogP contribution in [0, 0.1) is 0 Å². The van der Waals surface area contributed by atoms with Crippen LogP contribution in [0.4, 0.5) is 8.78 Å². The van der Waals surface area contributed by atoms with Gasteiger partial charge in [0.1, 0.15) is 16.5 Å². The zero-order chi connectivity index (χ0) is 10.7. The number of ether oxygens (including phenoxy) is 1. The number of nitrogens with zero attached hydrogens (tertiary/aromatic N) is 1. The molecule has 0 amide bonds. The van der Waals surface area contributed by atoms with Gasteiger partial charge in [0.15, 0.2) is 0 Å². The molecule has 0 aliphatic carbocycles. The molecule has 0 atom stereocenters. The average Bonchev–Trinajstić information content (AvgIpc) is 2.17. The molecule has 0 fully saturated rings. The number of rotatable bonds is 3. The summed E-state index contributed by atoms with van der Waals surface area (Å²) in [5.41, 5.74) is 0.0158. The topological polar surface area (TPSA) is 22.1 Å². The number of methoxy groups -OCH3 is 1. The van der Waals surface area contributed by atoms with Crippen molar-refractivity contribution in [2.45, 2.75) is 11.8 Å². The fraction of sp³-hybridized carbons (Fsp3) is 0.375. The molecule has 1 aromatic rings. The van der Waals surface area contributed by atoms with E-state index in [-0.39, 0.29) is 10.8 Å². The molecule has 0 aliphatic heterocycles. The zero-order valence-corrected chi connectivity index (χ0v) is 9.57. The predicted molar refractivity (Wildman–Crippen MR) is 53.4 cm³/mol. The molecule has 1 heterocycles. The lowest BCUT2D eigenvalue weighted by Gasteiger charge is -2.09. The van der Waals surface area contributed by atoms with Gasteiger partial charge in [0.05, 0.1) is 12.8 Å². The summed E-state index contributed by atoms with van der Waals surface area (Å²) >= 11 is 8.77. The summed E-state index contributed by atoms with van der Waals surface area (Å²) in [5.74, 6) is 0.214. The summed E-state index contributed by atoms with van der Waals surface area (Å²) in [7, 11) is 1.37. The van der Waals surface area contributed by atoms with Crippen LogP contribution in [-0.4, -0.2) is 12.1 Å². The maximum atomic E-state index is 12.4. The highest BCUT2D eigenvalue weighted by Crippen LogP contribution is 2.33. The molecule has 2 nitrogen and oxygen atoms in total. The van der Waals surface area contributed by atoms with Gasteiger partial charge in [-0.25, -0.2) is 13.8 Å². The van der Waals surface area contributed by atoms with E-state index in [4.69, 9.17) is 16.3 Å². The molecular weight excluding hydrogens is 279 g/mol. The van der Waals surface area contributed by atoms with E-state index in [0.29, 0.717) is 11.0 Å². The van der Waals surface area contributed by atoms with Gasteiger partial charge in [0, 0.05) is 11.4 Å². The first-order chi connectivity index (χ1) is 6.60. The third-order valence-corrected chi connectivity index (χ3v) is 2.52. The van der Waals surface area contributed by atoms with Crippen molar-refractivity contribution in [3.05, 3.63) is 22.5 Å². The van der Waals surface area contributed by atoms with Gasteiger partial charge >= 0.3 is 0 Å². The van der Waals surface area contributed by atoms with Crippen molar-refractivity contribution in [2.75, 3.05) is 7.11 Å². The zero-order valence-electron chi connectivity index (χ0n) is 7.23. The van der Waals surface area contributed by atoms with Crippen molar-refractivity contribution in [3.8, 4) is 5.75 Å². The second kappa shape index (κ2) is 4.89. The third kappa shape index (κ3) is 2.33. The summed E-state index contributed by atoms with van der Waals surface area (Å²) in [6, 6.07) is 1.52. The van der Waals surface area contributed by atoms with E-state index in [1.807, 2.05) is 0 Å². The Morgan fingerprint density at radius 2 is 2.29 bits per heavy atom. The molecule has 0 unspecified atom stereocenters. The van der Waals surface area contributed by atoms with Gasteiger partial charge in [-0.05, 0) is 0 Å². The van der Waals surface area contributed by atoms with Gasteiger partial charge in [0.25, 0.3) is 6.43 Å². The highest BCUT2D eigenvalue weighted by molar-refractivity contribution is 9.08. The van der Waals surface area contributed by atoms with E-state index in [1.54, 1.807) is 0 Å². The first kappa shape index (κ1) is 11.7. The fourth-order valence-electron chi connectivity index (χ4n) is 0.939. The smallest absolute Gasteiger partial charge is 0.281 e. The molecule has 0 spiro atoms. The Morgan fingerprint density at radius 3 is 2.71 bits per heavy atom. The minimum Gasteiger partial charge on any atom is -0.495 e. The Morgan fingerprint density at radius 1 is 1.64 bits per heavy atom. The fourth-order valence-corrected chi connectivity index (χ4v) is 1.48. The van der Waals surface area contributed by atoms with E-state index in [9.17, 15) is 8.78 Å². The Balaban J connectivity index is 3.27. The minimum absolute atomic E-state index is 0.132. The molecule has 0 aromatic carbocycles. The average molecular weight is 287 g/mol. The van der Waals surface area contributed by atoms with E-state index in [1.165, 1.54) is 13.2 Å². The number of alkyl halides is 3. The van der Waals surface area contributed by atoms with Crippen LogP contribution in [0.3, 0.4) is 0 Å². The normalized spacial score (nSPS) is 10.7. The van der Waals surface area contributed by atoms with Crippen molar-refractivity contribution in [2.24, 2.45) is 0 Å². The second-order valence-corrected chi connectivity index (χ2v) is 3.39. The van der Waals surface area contributed by atoms with Crippen LogP contribution in [0.1, 0.15) is 17.8 Å². The SMILES string of the molecule is COc1cc(CBr)nc(C(F)F)c1Cl. The maximum absolute atomic E-state index is 12.4. The summed E-state index contributed by atoms with van der Waals surface area (Å²) < 4.78 is 29.7. The Kier molecular flexibility index (Phi) is 4.07. The van der Waals surface area contributed by atoms with Gasteiger partial charge in [-0.3, -0.25) is 0 Å². The minimum atomic E-state index is -2.70. The molecule has 6 heteroatoms. The highest BCUT2D eigenvalue weighted by Gasteiger charge is 2.18. The molecule has 1 aromatic heterocycles. The van der Waals surface area contributed by atoms with Gasteiger partial charge < -0.3 is 4.74 Å². The lowest BCUT2D eigenvalue weighted by atomic mass is 10.3. The first-order valence-corrected chi connectivity index (χ1v) is 5.17.